The van der Waals surface area contributed by atoms with Crippen molar-refractivity contribution in [3.8, 4) is 0 Å². The van der Waals surface area contributed by atoms with Gasteiger partial charge >= 0.3 is 0 Å². The largest absolute Gasteiger partial charge is 0.370 e. The van der Waals surface area contributed by atoms with E-state index in [1.54, 1.807) is 12.3 Å². The second-order valence-electron chi connectivity index (χ2n) is 4.14. The average molecular weight is 307 g/mol. The number of carbonyl (C=O) groups is 1. The first-order chi connectivity index (χ1) is 7.30. The molecule has 0 saturated heterocycles. The number of nitrogens with zero attached hydrogens (tertiary/aromatic N) is 1. The van der Waals surface area contributed by atoms with Crippen molar-refractivity contribution in [1.29, 1.82) is 0 Å². The number of pyridine rings is 1. The van der Waals surface area contributed by atoms with Gasteiger partial charge in [0, 0.05) is 22.6 Å². The zero-order valence-electron chi connectivity index (χ0n) is 9.05. The van der Waals surface area contributed by atoms with Crippen molar-refractivity contribution in [1.82, 2.24) is 4.98 Å². The van der Waals surface area contributed by atoms with E-state index in [-0.39, 0.29) is 12.3 Å². The Morgan fingerprint density at radius 3 is 2.81 bits per heavy atom. The number of hydrogen-bond acceptors (Lipinski definition) is 3. The second kappa shape index (κ2) is 5.01. The zero-order valence-corrected chi connectivity index (χ0v) is 11.4. The van der Waals surface area contributed by atoms with Gasteiger partial charge in [-0.05, 0) is 35.8 Å². The number of aromatic nitrogens is 1. The highest BCUT2D eigenvalue weighted by Crippen LogP contribution is 2.26. The van der Waals surface area contributed by atoms with Crippen molar-refractivity contribution in [2.24, 2.45) is 5.73 Å². The Kier molecular flexibility index (Phi) is 4.15. The highest BCUT2D eigenvalue weighted by Gasteiger charge is 2.21. The number of hydrogen-bond donors (Lipinski definition) is 2. The van der Waals surface area contributed by atoms with Crippen molar-refractivity contribution in [2.45, 2.75) is 25.8 Å². The molecule has 0 bridgehead atoms. The van der Waals surface area contributed by atoms with E-state index in [0.29, 0.717) is 10.8 Å². The number of halogens is 2. The maximum Gasteiger partial charge on any atom is 0.219 e. The van der Waals surface area contributed by atoms with Crippen molar-refractivity contribution >= 4 is 39.3 Å². The van der Waals surface area contributed by atoms with E-state index < -0.39 is 5.54 Å². The average Bonchev–Trinajstić information content (AvgIpc) is 2.07. The van der Waals surface area contributed by atoms with Gasteiger partial charge in [0.15, 0.2) is 0 Å². The van der Waals surface area contributed by atoms with Gasteiger partial charge in [0.2, 0.25) is 5.91 Å². The van der Waals surface area contributed by atoms with E-state index in [2.05, 4.69) is 26.2 Å². The summed E-state index contributed by atoms with van der Waals surface area (Å²) in [5.41, 5.74) is 4.68. The van der Waals surface area contributed by atoms with E-state index >= 15 is 0 Å². The molecule has 0 spiro atoms. The van der Waals surface area contributed by atoms with Crippen LogP contribution in [0.25, 0.3) is 0 Å². The number of carbonyl (C=O) groups excluding carboxylic acids is 1. The monoisotopic (exact) mass is 305 g/mol. The summed E-state index contributed by atoms with van der Waals surface area (Å²) in [5, 5.41) is 3.57. The van der Waals surface area contributed by atoms with Crippen molar-refractivity contribution < 1.29 is 4.79 Å². The lowest BCUT2D eigenvalue weighted by Crippen LogP contribution is -2.36. The molecule has 3 N–H and O–H groups in total. The van der Waals surface area contributed by atoms with E-state index in [1.165, 1.54) is 0 Å². The number of nitrogens with two attached hydrogens (primary N) is 1. The molecule has 1 aromatic rings. The van der Waals surface area contributed by atoms with E-state index in [0.717, 1.165) is 4.47 Å². The molecule has 0 aliphatic carbocycles. The molecule has 1 amide bonds. The van der Waals surface area contributed by atoms with Crippen LogP contribution in [0.4, 0.5) is 5.82 Å². The van der Waals surface area contributed by atoms with Gasteiger partial charge in [0.05, 0.1) is 5.02 Å². The van der Waals surface area contributed by atoms with Gasteiger partial charge in [-0.3, -0.25) is 4.79 Å². The lowest BCUT2D eigenvalue weighted by atomic mass is 10.0. The lowest BCUT2D eigenvalue weighted by Gasteiger charge is -2.25. The molecule has 16 heavy (non-hydrogen) atoms. The van der Waals surface area contributed by atoms with Crippen LogP contribution in [0, 0.1) is 0 Å². The highest BCUT2D eigenvalue weighted by atomic mass is 79.9. The van der Waals surface area contributed by atoms with Gasteiger partial charge in [0.25, 0.3) is 0 Å². The molecule has 0 saturated carbocycles. The van der Waals surface area contributed by atoms with Crippen LogP contribution < -0.4 is 11.1 Å². The smallest absolute Gasteiger partial charge is 0.219 e. The van der Waals surface area contributed by atoms with E-state index in [1.807, 2.05) is 13.8 Å². The maximum atomic E-state index is 10.9. The minimum Gasteiger partial charge on any atom is -0.370 e. The van der Waals surface area contributed by atoms with Crippen molar-refractivity contribution in [3.63, 3.8) is 0 Å². The fourth-order valence-corrected chi connectivity index (χ4v) is 1.98. The molecule has 0 aliphatic heterocycles. The Labute approximate surface area is 108 Å². The van der Waals surface area contributed by atoms with Crippen molar-refractivity contribution in [2.75, 3.05) is 5.32 Å². The number of anilines is 1. The summed E-state index contributed by atoms with van der Waals surface area (Å²) >= 11 is 9.27. The van der Waals surface area contributed by atoms with Gasteiger partial charge in [-0.25, -0.2) is 4.98 Å². The first-order valence-electron chi connectivity index (χ1n) is 4.68. The molecular weight excluding hydrogens is 293 g/mol. The first kappa shape index (κ1) is 13.3. The van der Waals surface area contributed by atoms with Gasteiger partial charge in [0.1, 0.15) is 5.82 Å². The summed E-state index contributed by atoms with van der Waals surface area (Å²) in [7, 11) is 0. The van der Waals surface area contributed by atoms with Crippen LogP contribution in [-0.2, 0) is 4.79 Å². The third-order valence-corrected chi connectivity index (χ3v) is 2.60. The summed E-state index contributed by atoms with van der Waals surface area (Å²) in [5.74, 6) is 0.168. The Morgan fingerprint density at radius 1 is 1.69 bits per heavy atom. The van der Waals surface area contributed by atoms with Crippen LogP contribution in [0.1, 0.15) is 20.3 Å². The molecule has 0 fully saturated rings. The Morgan fingerprint density at radius 2 is 2.31 bits per heavy atom. The van der Waals surface area contributed by atoms with Crippen LogP contribution >= 0.6 is 27.5 Å². The molecule has 0 aromatic carbocycles. The fourth-order valence-electron chi connectivity index (χ4n) is 1.31. The van der Waals surface area contributed by atoms with Crippen LogP contribution in [0.15, 0.2) is 16.7 Å². The molecule has 6 heteroatoms. The molecule has 88 valence electrons. The summed E-state index contributed by atoms with van der Waals surface area (Å²) in [6, 6.07) is 1.73. The number of nitrogens with one attached hydrogen (secondary N) is 1. The van der Waals surface area contributed by atoms with E-state index in [9.17, 15) is 4.79 Å². The molecule has 0 unspecified atom stereocenters. The maximum absolute atomic E-state index is 10.9. The van der Waals surface area contributed by atoms with Gasteiger partial charge in [-0.2, -0.15) is 0 Å². The third-order valence-electron chi connectivity index (χ3n) is 1.88. The van der Waals surface area contributed by atoms with Crippen LogP contribution in [-0.4, -0.2) is 16.4 Å². The SMILES string of the molecule is CC(C)(CC(N)=O)Nc1ncc(Br)cc1Cl. The molecule has 1 heterocycles. The minimum atomic E-state index is -0.476. The number of rotatable bonds is 4. The number of primary amides is 1. The minimum absolute atomic E-state index is 0.209. The van der Waals surface area contributed by atoms with Crippen LogP contribution in [0.2, 0.25) is 5.02 Å². The summed E-state index contributed by atoms with van der Waals surface area (Å²) < 4.78 is 0.802. The van der Waals surface area contributed by atoms with Crippen LogP contribution in [0.5, 0.6) is 0 Å². The summed E-state index contributed by atoms with van der Waals surface area (Å²) in [6.45, 7) is 3.72. The standard InChI is InChI=1S/C10H13BrClN3O/c1-10(2,4-8(13)16)15-9-7(12)3-6(11)5-14-9/h3,5H,4H2,1-2H3,(H2,13,16)(H,14,15). The summed E-state index contributed by atoms with van der Waals surface area (Å²) in [4.78, 5) is 15.0. The number of amides is 1. The Hall–Kier alpha value is -0.810. The fraction of sp³-hybridized carbons (Fsp3) is 0.400. The molecule has 4 nitrogen and oxygen atoms in total. The van der Waals surface area contributed by atoms with Crippen molar-refractivity contribution in [3.05, 3.63) is 21.8 Å². The molecular formula is C10H13BrClN3O. The molecule has 0 atom stereocenters. The predicted molar refractivity (Wildman–Crippen MR) is 68.5 cm³/mol. The Balaban J connectivity index is 2.83. The molecule has 1 rings (SSSR count). The van der Waals surface area contributed by atoms with Gasteiger partial charge in [-0.1, -0.05) is 11.6 Å². The second-order valence-corrected chi connectivity index (χ2v) is 5.46. The molecule has 1 aromatic heterocycles. The van der Waals surface area contributed by atoms with Gasteiger partial charge < -0.3 is 11.1 Å². The molecule has 0 aliphatic rings. The topological polar surface area (TPSA) is 68.0 Å². The highest BCUT2D eigenvalue weighted by molar-refractivity contribution is 9.10. The third kappa shape index (κ3) is 3.98. The van der Waals surface area contributed by atoms with Crippen LogP contribution in [0.3, 0.4) is 0 Å². The predicted octanol–water partition coefficient (Wildman–Crippen LogP) is 2.56. The molecule has 0 radical (unpaired) electrons. The normalized spacial score (nSPS) is 11.2. The lowest BCUT2D eigenvalue weighted by molar-refractivity contribution is -0.118. The quantitative estimate of drug-likeness (QED) is 0.898. The first-order valence-corrected chi connectivity index (χ1v) is 5.85. The zero-order chi connectivity index (χ0) is 12.3. The Bertz CT molecular complexity index is 409. The van der Waals surface area contributed by atoms with E-state index in [4.69, 9.17) is 17.3 Å². The van der Waals surface area contributed by atoms with Gasteiger partial charge in [-0.15, -0.1) is 0 Å². The summed E-state index contributed by atoms with van der Waals surface area (Å²) in [6.07, 6.45) is 1.84.